The van der Waals surface area contributed by atoms with Crippen LogP contribution >= 0.6 is 0 Å². The van der Waals surface area contributed by atoms with Gasteiger partial charge in [-0.05, 0) is 19.1 Å². The SMILES string of the molecule is COc1cccc(N)c1C(=O)N[C@@H](C)CO. The first-order valence-electron chi connectivity index (χ1n) is 4.94. The van der Waals surface area contributed by atoms with E-state index in [4.69, 9.17) is 15.6 Å². The summed E-state index contributed by atoms with van der Waals surface area (Å²) in [7, 11) is 1.47. The number of nitrogens with two attached hydrogens (primary N) is 1. The average Bonchev–Trinajstić information content (AvgIpc) is 2.28. The number of aliphatic hydroxyl groups excluding tert-OH is 1. The molecule has 1 rings (SSSR count). The van der Waals surface area contributed by atoms with Crippen molar-refractivity contribution in [1.29, 1.82) is 0 Å². The number of nitrogens with one attached hydrogen (secondary N) is 1. The molecule has 5 nitrogen and oxygen atoms in total. The molecule has 0 radical (unpaired) electrons. The molecule has 0 unspecified atom stereocenters. The van der Waals surface area contributed by atoms with Crippen LogP contribution in [0.3, 0.4) is 0 Å². The van der Waals surface area contributed by atoms with Crippen LogP contribution in [0, 0.1) is 0 Å². The van der Waals surface area contributed by atoms with Crippen molar-refractivity contribution in [3.05, 3.63) is 23.8 Å². The van der Waals surface area contributed by atoms with Gasteiger partial charge in [0.05, 0.1) is 13.7 Å². The molecule has 0 heterocycles. The van der Waals surface area contributed by atoms with Crippen molar-refractivity contribution in [2.45, 2.75) is 13.0 Å². The van der Waals surface area contributed by atoms with Gasteiger partial charge in [-0.2, -0.15) is 0 Å². The van der Waals surface area contributed by atoms with Crippen LogP contribution in [0.15, 0.2) is 18.2 Å². The van der Waals surface area contributed by atoms with Crippen molar-refractivity contribution < 1.29 is 14.6 Å². The second-order valence-corrected chi connectivity index (χ2v) is 3.48. The van der Waals surface area contributed by atoms with Crippen LogP contribution < -0.4 is 15.8 Å². The second kappa shape index (κ2) is 5.37. The predicted molar refractivity (Wildman–Crippen MR) is 61.4 cm³/mol. The van der Waals surface area contributed by atoms with Crippen molar-refractivity contribution >= 4 is 11.6 Å². The lowest BCUT2D eigenvalue weighted by Crippen LogP contribution is -2.35. The predicted octanol–water partition coefficient (Wildman–Crippen LogP) is 0.388. The van der Waals surface area contributed by atoms with Gasteiger partial charge < -0.3 is 20.9 Å². The summed E-state index contributed by atoms with van der Waals surface area (Å²) < 4.78 is 5.06. The van der Waals surface area contributed by atoms with Crippen LogP contribution in [-0.2, 0) is 0 Å². The molecule has 0 spiro atoms. The first-order valence-corrected chi connectivity index (χ1v) is 4.94. The monoisotopic (exact) mass is 224 g/mol. The van der Waals surface area contributed by atoms with Crippen LogP contribution in [0.25, 0.3) is 0 Å². The highest BCUT2D eigenvalue weighted by Gasteiger charge is 2.16. The van der Waals surface area contributed by atoms with Gasteiger partial charge in [-0.25, -0.2) is 0 Å². The highest BCUT2D eigenvalue weighted by Crippen LogP contribution is 2.23. The van der Waals surface area contributed by atoms with E-state index in [9.17, 15) is 4.79 Å². The van der Waals surface area contributed by atoms with E-state index in [1.54, 1.807) is 25.1 Å². The molecule has 1 amide bonds. The largest absolute Gasteiger partial charge is 0.496 e. The lowest BCUT2D eigenvalue weighted by molar-refractivity contribution is 0.0920. The fourth-order valence-corrected chi connectivity index (χ4v) is 1.30. The molecule has 16 heavy (non-hydrogen) atoms. The average molecular weight is 224 g/mol. The second-order valence-electron chi connectivity index (χ2n) is 3.48. The number of hydrogen-bond acceptors (Lipinski definition) is 4. The van der Waals surface area contributed by atoms with E-state index in [2.05, 4.69) is 5.32 Å². The highest BCUT2D eigenvalue weighted by atomic mass is 16.5. The number of ether oxygens (including phenoxy) is 1. The van der Waals surface area contributed by atoms with Crippen LogP contribution in [-0.4, -0.2) is 30.8 Å². The van der Waals surface area contributed by atoms with Gasteiger partial charge in [-0.3, -0.25) is 4.79 Å². The van der Waals surface area contributed by atoms with E-state index in [0.717, 1.165) is 0 Å². The van der Waals surface area contributed by atoms with Crippen molar-refractivity contribution in [3.63, 3.8) is 0 Å². The van der Waals surface area contributed by atoms with Gasteiger partial charge in [0.25, 0.3) is 5.91 Å². The number of nitrogen functional groups attached to an aromatic ring is 1. The molecule has 0 bridgehead atoms. The number of methoxy groups -OCH3 is 1. The molecule has 5 heteroatoms. The minimum atomic E-state index is -0.350. The maximum absolute atomic E-state index is 11.8. The number of rotatable bonds is 4. The Bertz CT molecular complexity index is 379. The molecule has 0 saturated carbocycles. The molecule has 1 atom stereocenters. The number of carbonyl (C=O) groups excluding carboxylic acids is 1. The summed E-state index contributed by atoms with van der Waals surface area (Å²) in [6.07, 6.45) is 0. The summed E-state index contributed by atoms with van der Waals surface area (Å²) in [5.74, 6) is 0.0686. The fourth-order valence-electron chi connectivity index (χ4n) is 1.30. The zero-order valence-corrected chi connectivity index (χ0v) is 9.36. The first kappa shape index (κ1) is 12.3. The fraction of sp³-hybridized carbons (Fsp3) is 0.364. The molecular weight excluding hydrogens is 208 g/mol. The molecule has 0 aliphatic rings. The van der Waals surface area contributed by atoms with Crippen LogP contribution in [0.2, 0.25) is 0 Å². The lowest BCUT2D eigenvalue weighted by Gasteiger charge is -2.14. The number of amides is 1. The molecule has 0 aliphatic carbocycles. The summed E-state index contributed by atoms with van der Waals surface area (Å²) in [5, 5.41) is 11.5. The summed E-state index contributed by atoms with van der Waals surface area (Å²) in [6, 6.07) is 4.67. The van der Waals surface area contributed by atoms with Crippen molar-refractivity contribution in [2.24, 2.45) is 0 Å². The minimum absolute atomic E-state index is 0.124. The van der Waals surface area contributed by atoms with Gasteiger partial charge in [0.15, 0.2) is 0 Å². The van der Waals surface area contributed by atoms with E-state index in [1.807, 2.05) is 0 Å². The molecule has 1 aromatic rings. The zero-order chi connectivity index (χ0) is 12.1. The number of hydrogen-bond donors (Lipinski definition) is 3. The van der Waals surface area contributed by atoms with Gasteiger partial charge >= 0.3 is 0 Å². The molecule has 4 N–H and O–H groups in total. The third-order valence-corrected chi connectivity index (χ3v) is 2.16. The molecule has 0 saturated heterocycles. The maximum Gasteiger partial charge on any atom is 0.257 e. The Labute approximate surface area is 94.2 Å². The zero-order valence-electron chi connectivity index (χ0n) is 9.36. The van der Waals surface area contributed by atoms with E-state index in [-0.39, 0.29) is 18.6 Å². The Balaban J connectivity index is 2.98. The smallest absolute Gasteiger partial charge is 0.257 e. The quantitative estimate of drug-likeness (QED) is 0.646. The normalized spacial score (nSPS) is 11.9. The standard InChI is InChI=1S/C11H16N2O3/c1-7(6-14)13-11(15)10-8(12)4-3-5-9(10)16-2/h3-5,7,14H,6,12H2,1-2H3,(H,13,15)/t7-/m0/s1. The van der Waals surface area contributed by atoms with Crippen LogP contribution in [0.5, 0.6) is 5.75 Å². The van der Waals surface area contributed by atoms with E-state index < -0.39 is 0 Å². The number of benzene rings is 1. The third kappa shape index (κ3) is 2.64. The molecule has 0 aliphatic heterocycles. The van der Waals surface area contributed by atoms with Crippen LogP contribution in [0.1, 0.15) is 17.3 Å². The van der Waals surface area contributed by atoms with E-state index in [1.165, 1.54) is 7.11 Å². The number of carbonyl (C=O) groups is 1. The first-order chi connectivity index (χ1) is 7.60. The maximum atomic E-state index is 11.8. The van der Waals surface area contributed by atoms with Crippen molar-refractivity contribution in [1.82, 2.24) is 5.32 Å². The summed E-state index contributed by atoms with van der Waals surface area (Å²) in [4.78, 5) is 11.8. The number of aliphatic hydroxyl groups is 1. The third-order valence-electron chi connectivity index (χ3n) is 2.16. The summed E-state index contributed by atoms with van der Waals surface area (Å²) in [6.45, 7) is 1.57. The van der Waals surface area contributed by atoms with E-state index >= 15 is 0 Å². The summed E-state index contributed by atoms with van der Waals surface area (Å²) >= 11 is 0. The molecule has 88 valence electrons. The Morgan fingerprint density at radius 2 is 2.31 bits per heavy atom. The Morgan fingerprint density at radius 1 is 1.62 bits per heavy atom. The Hall–Kier alpha value is -1.75. The van der Waals surface area contributed by atoms with Crippen LogP contribution in [0.4, 0.5) is 5.69 Å². The molecule has 1 aromatic carbocycles. The molecule has 0 aromatic heterocycles. The van der Waals surface area contributed by atoms with Crippen molar-refractivity contribution in [2.75, 3.05) is 19.5 Å². The van der Waals surface area contributed by atoms with Gasteiger partial charge in [0.2, 0.25) is 0 Å². The lowest BCUT2D eigenvalue weighted by atomic mass is 10.1. The Morgan fingerprint density at radius 3 is 2.88 bits per heavy atom. The highest BCUT2D eigenvalue weighted by molar-refractivity contribution is 6.02. The van der Waals surface area contributed by atoms with Crippen molar-refractivity contribution in [3.8, 4) is 5.75 Å². The van der Waals surface area contributed by atoms with E-state index in [0.29, 0.717) is 17.0 Å². The molecule has 0 fully saturated rings. The Kier molecular flexibility index (Phi) is 4.13. The van der Waals surface area contributed by atoms with Gasteiger partial charge in [-0.15, -0.1) is 0 Å². The topological polar surface area (TPSA) is 84.6 Å². The van der Waals surface area contributed by atoms with Gasteiger partial charge in [0.1, 0.15) is 11.3 Å². The number of anilines is 1. The van der Waals surface area contributed by atoms with Gasteiger partial charge in [-0.1, -0.05) is 6.07 Å². The van der Waals surface area contributed by atoms with Gasteiger partial charge in [0, 0.05) is 11.7 Å². The molecular formula is C11H16N2O3. The summed E-state index contributed by atoms with van der Waals surface area (Å²) in [5.41, 5.74) is 6.36. The minimum Gasteiger partial charge on any atom is -0.496 e.